The van der Waals surface area contributed by atoms with Crippen molar-refractivity contribution >= 4 is 21.6 Å². The summed E-state index contributed by atoms with van der Waals surface area (Å²) in [7, 11) is -1.72. The van der Waals surface area contributed by atoms with Gasteiger partial charge in [0.05, 0.1) is 12.9 Å². The lowest BCUT2D eigenvalue weighted by molar-refractivity contribution is 0.404. The normalized spacial score (nSPS) is 19.1. The number of halogens is 1. The van der Waals surface area contributed by atoms with E-state index >= 15 is 0 Å². The Kier molecular flexibility index (Phi) is 6.22. The molecule has 0 saturated carbocycles. The Labute approximate surface area is 160 Å². The molecule has 1 fully saturated rings. The van der Waals surface area contributed by atoms with Gasteiger partial charge in [-0.05, 0) is 54.2 Å². The molecule has 0 spiro atoms. The van der Waals surface area contributed by atoms with Gasteiger partial charge in [0.1, 0.15) is 5.75 Å². The van der Waals surface area contributed by atoms with Crippen molar-refractivity contribution in [3.8, 4) is 5.75 Å². The number of hydrogen-bond acceptors (Lipinski definition) is 3. The van der Waals surface area contributed by atoms with Crippen LogP contribution in [0.4, 0.5) is 0 Å². The fourth-order valence-electron chi connectivity index (χ4n) is 3.39. The van der Waals surface area contributed by atoms with Crippen LogP contribution in [0, 0.1) is 0 Å². The first-order chi connectivity index (χ1) is 12.5. The molecule has 140 valence electrons. The fourth-order valence-corrected chi connectivity index (χ4v) is 5.13. The molecule has 0 amide bonds. The molecule has 3 rings (SSSR count). The summed E-state index contributed by atoms with van der Waals surface area (Å²) in [5.74, 6) is 1.04. The molecular formula is C20H24ClNO3S. The van der Waals surface area contributed by atoms with E-state index in [-0.39, 0.29) is 11.7 Å². The van der Waals surface area contributed by atoms with Gasteiger partial charge >= 0.3 is 0 Å². The highest BCUT2D eigenvalue weighted by atomic mass is 35.5. The Bertz CT molecular complexity index is 819. The lowest BCUT2D eigenvalue weighted by atomic mass is 9.94. The second-order valence-electron chi connectivity index (χ2n) is 6.71. The first kappa shape index (κ1) is 19.2. The van der Waals surface area contributed by atoms with Gasteiger partial charge in [-0.2, -0.15) is 0 Å². The minimum absolute atomic E-state index is 0.0134. The lowest BCUT2D eigenvalue weighted by Crippen LogP contribution is -2.35. The van der Waals surface area contributed by atoms with Gasteiger partial charge in [-0.3, -0.25) is 0 Å². The average Bonchev–Trinajstić information content (AvgIpc) is 2.90. The molecule has 1 heterocycles. The summed E-state index contributed by atoms with van der Waals surface area (Å²) in [6.45, 7) is 1.12. The zero-order chi connectivity index (χ0) is 18.6. The van der Waals surface area contributed by atoms with Gasteiger partial charge < -0.3 is 4.74 Å². The van der Waals surface area contributed by atoms with E-state index in [4.69, 9.17) is 16.3 Å². The quantitative estimate of drug-likeness (QED) is 0.754. The van der Waals surface area contributed by atoms with Crippen LogP contribution in [-0.2, 0) is 15.8 Å². The average molecular weight is 394 g/mol. The van der Waals surface area contributed by atoms with Crippen LogP contribution in [0.15, 0.2) is 48.5 Å². The van der Waals surface area contributed by atoms with Gasteiger partial charge in [0.15, 0.2) is 0 Å². The van der Waals surface area contributed by atoms with Gasteiger partial charge in [0.2, 0.25) is 10.0 Å². The number of benzene rings is 2. The molecule has 26 heavy (non-hydrogen) atoms. The van der Waals surface area contributed by atoms with E-state index in [1.807, 2.05) is 24.3 Å². The molecule has 2 aromatic carbocycles. The van der Waals surface area contributed by atoms with Crippen molar-refractivity contribution in [3.63, 3.8) is 0 Å². The van der Waals surface area contributed by atoms with Crippen LogP contribution in [0.25, 0.3) is 0 Å². The van der Waals surface area contributed by atoms with E-state index < -0.39 is 10.0 Å². The van der Waals surface area contributed by atoms with Crippen molar-refractivity contribution in [1.29, 1.82) is 0 Å². The second kappa shape index (κ2) is 8.42. The Morgan fingerprint density at radius 3 is 2.42 bits per heavy atom. The smallest absolute Gasteiger partial charge is 0.218 e. The molecule has 0 bridgehead atoms. The maximum atomic E-state index is 12.9. The zero-order valence-corrected chi connectivity index (χ0v) is 16.5. The summed E-state index contributed by atoms with van der Waals surface area (Å²) < 4.78 is 32.8. The molecule has 1 saturated heterocycles. The fraction of sp³-hybridized carbons (Fsp3) is 0.400. The van der Waals surface area contributed by atoms with E-state index in [0.717, 1.165) is 30.6 Å². The van der Waals surface area contributed by atoms with Crippen LogP contribution in [0.2, 0.25) is 5.02 Å². The first-order valence-electron chi connectivity index (χ1n) is 8.84. The molecule has 1 unspecified atom stereocenters. The van der Waals surface area contributed by atoms with Gasteiger partial charge in [-0.25, -0.2) is 12.7 Å². The van der Waals surface area contributed by atoms with E-state index in [2.05, 4.69) is 0 Å². The van der Waals surface area contributed by atoms with Gasteiger partial charge in [0.25, 0.3) is 0 Å². The van der Waals surface area contributed by atoms with E-state index in [9.17, 15) is 8.42 Å². The number of sulfonamides is 1. The number of hydrogen-bond donors (Lipinski definition) is 0. The molecule has 1 aliphatic rings. The van der Waals surface area contributed by atoms with Crippen molar-refractivity contribution in [2.45, 2.75) is 30.9 Å². The molecule has 4 nitrogen and oxygen atoms in total. The predicted octanol–water partition coefficient (Wildman–Crippen LogP) is 4.45. The second-order valence-corrected chi connectivity index (χ2v) is 9.11. The maximum absolute atomic E-state index is 12.9. The molecule has 0 radical (unpaired) electrons. The molecule has 0 aliphatic carbocycles. The Morgan fingerprint density at radius 2 is 1.77 bits per heavy atom. The number of rotatable bonds is 5. The Morgan fingerprint density at radius 1 is 1.08 bits per heavy atom. The molecule has 0 aromatic heterocycles. The number of methoxy groups -OCH3 is 1. The Balaban J connectivity index is 1.76. The largest absolute Gasteiger partial charge is 0.497 e. The topological polar surface area (TPSA) is 46.6 Å². The third-order valence-electron chi connectivity index (χ3n) is 4.88. The highest BCUT2D eigenvalue weighted by molar-refractivity contribution is 7.88. The van der Waals surface area contributed by atoms with Gasteiger partial charge in [0, 0.05) is 18.1 Å². The Hall–Kier alpha value is -1.56. The van der Waals surface area contributed by atoms with E-state index in [0.29, 0.717) is 18.1 Å². The van der Waals surface area contributed by atoms with Crippen LogP contribution >= 0.6 is 11.6 Å². The third kappa shape index (κ3) is 4.78. The van der Waals surface area contributed by atoms with Crippen LogP contribution in [0.5, 0.6) is 5.75 Å². The molecule has 1 atom stereocenters. The highest BCUT2D eigenvalue weighted by Gasteiger charge is 2.28. The monoisotopic (exact) mass is 393 g/mol. The first-order valence-corrected chi connectivity index (χ1v) is 10.8. The molecule has 1 aliphatic heterocycles. The molecular weight excluding hydrogens is 370 g/mol. The van der Waals surface area contributed by atoms with Crippen molar-refractivity contribution in [2.75, 3.05) is 20.2 Å². The van der Waals surface area contributed by atoms with Crippen molar-refractivity contribution in [2.24, 2.45) is 0 Å². The van der Waals surface area contributed by atoms with Crippen molar-refractivity contribution in [1.82, 2.24) is 4.31 Å². The van der Waals surface area contributed by atoms with Gasteiger partial charge in [-0.1, -0.05) is 42.3 Å². The highest BCUT2D eigenvalue weighted by Crippen LogP contribution is 2.29. The molecule has 6 heteroatoms. The van der Waals surface area contributed by atoms with Gasteiger partial charge in [-0.15, -0.1) is 0 Å². The van der Waals surface area contributed by atoms with Crippen LogP contribution in [-0.4, -0.2) is 32.9 Å². The standard InChI is InChI=1S/C20H24ClNO3S/c1-25-20-11-7-17(8-12-20)18-4-2-3-13-22(14-18)26(23,24)15-16-5-9-19(21)10-6-16/h5-12,18H,2-4,13-15H2,1H3. The number of nitrogens with zero attached hydrogens (tertiary/aromatic N) is 1. The van der Waals surface area contributed by atoms with Crippen LogP contribution < -0.4 is 4.74 Å². The molecule has 0 N–H and O–H groups in total. The summed E-state index contributed by atoms with van der Waals surface area (Å²) in [6.07, 6.45) is 2.93. The summed E-state index contributed by atoms with van der Waals surface area (Å²) in [4.78, 5) is 0. The zero-order valence-electron chi connectivity index (χ0n) is 14.9. The lowest BCUT2D eigenvalue weighted by Gasteiger charge is -2.24. The van der Waals surface area contributed by atoms with E-state index in [1.54, 1.807) is 35.7 Å². The summed E-state index contributed by atoms with van der Waals surface area (Å²) in [5, 5.41) is 0.612. The number of ether oxygens (including phenoxy) is 1. The van der Waals surface area contributed by atoms with E-state index in [1.165, 1.54) is 5.56 Å². The summed E-state index contributed by atoms with van der Waals surface area (Å²) >= 11 is 5.89. The summed E-state index contributed by atoms with van der Waals surface area (Å²) in [5.41, 5.74) is 1.93. The minimum Gasteiger partial charge on any atom is -0.497 e. The third-order valence-corrected chi connectivity index (χ3v) is 6.95. The van der Waals surface area contributed by atoms with Crippen LogP contribution in [0.1, 0.15) is 36.3 Å². The predicted molar refractivity (Wildman–Crippen MR) is 105 cm³/mol. The van der Waals surface area contributed by atoms with Crippen LogP contribution in [0.3, 0.4) is 0 Å². The minimum atomic E-state index is -3.36. The van der Waals surface area contributed by atoms with Crippen molar-refractivity contribution < 1.29 is 13.2 Å². The van der Waals surface area contributed by atoms with Crippen molar-refractivity contribution in [3.05, 3.63) is 64.7 Å². The SMILES string of the molecule is COc1ccc(C2CCCCN(S(=O)(=O)Cc3ccc(Cl)cc3)C2)cc1. The summed E-state index contributed by atoms with van der Waals surface area (Å²) in [6, 6.07) is 15.0. The maximum Gasteiger partial charge on any atom is 0.218 e. The molecule has 2 aromatic rings.